The second-order valence-electron chi connectivity index (χ2n) is 6.31. The summed E-state index contributed by atoms with van der Waals surface area (Å²) in [4.78, 5) is 0. The van der Waals surface area contributed by atoms with Crippen LogP contribution in [0.1, 0.15) is 41.5 Å². The average molecular weight is 263 g/mol. The maximum Gasteiger partial charge on any atom is 0.153 e. The Labute approximate surface area is 107 Å². The predicted molar refractivity (Wildman–Crippen MR) is 75.0 cm³/mol. The van der Waals surface area contributed by atoms with Crippen LogP contribution in [0.4, 0.5) is 0 Å². The van der Waals surface area contributed by atoms with E-state index in [1.54, 1.807) is 13.8 Å². The lowest BCUT2D eigenvalue weighted by molar-refractivity contribution is 0.273. The van der Waals surface area contributed by atoms with Crippen molar-refractivity contribution in [1.82, 2.24) is 5.32 Å². The molecule has 0 aliphatic heterocycles. The minimum atomic E-state index is -3.00. The van der Waals surface area contributed by atoms with Crippen molar-refractivity contribution in [1.29, 1.82) is 0 Å². The van der Waals surface area contributed by atoms with E-state index in [2.05, 4.69) is 33.0 Å². The van der Waals surface area contributed by atoms with Crippen LogP contribution in [-0.4, -0.2) is 32.5 Å². The fourth-order valence-electron chi connectivity index (χ4n) is 1.91. The highest BCUT2D eigenvalue weighted by Crippen LogP contribution is 2.20. The molecule has 0 radical (unpaired) electrons. The minimum absolute atomic E-state index is 0.516. The van der Waals surface area contributed by atoms with Gasteiger partial charge in [-0.2, -0.15) is 0 Å². The molecule has 0 fully saturated rings. The molecule has 0 atom stereocenters. The number of rotatable bonds is 7. The summed E-state index contributed by atoms with van der Waals surface area (Å²) in [5.74, 6) is 1.82. The van der Waals surface area contributed by atoms with Crippen LogP contribution in [0.15, 0.2) is 0 Å². The summed E-state index contributed by atoms with van der Waals surface area (Å²) in [7, 11) is -3.00. The lowest BCUT2D eigenvalue weighted by atomic mass is 9.85. The lowest BCUT2D eigenvalue weighted by Crippen LogP contribution is -2.44. The van der Waals surface area contributed by atoms with Gasteiger partial charge in [-0.25, -0.2) is 8.42 Å². The van der Waals surface area contributed by atoms with Crippen LogP contribution >= 0.6 is 0 Å². The second-order valence-corrected chi connectivity index (χ2v) is 8.96. The van der Waals surface area contributed by atoms with Gasteiger partial charge in [0.1, 0.15) is 0 Å². The standard InChI is InChI=1S/C13H29NO2S/c1-10(2)12(11(3)4)8-14-9-13(5,6)17(7,15)16/h10-12,14H,8-9H2,1-7H3. The summed E-state index contributed by atoms with van der Waals surface area (Å²) in [6.07, 6.45) is 1.30. The molecule has 0 heterocycles. The highest BCUT2D eigenvalue weighted by molar-refractivity contribution is 7.92. The van der Waals surface area contributed by atoms with E-state index >= 15 is 0 Å². The van der Waals surface area contributed by atoms with Gasteiger partial charge < -0.3 is 5.32 Å². The molecule has 0 aromatic carbocycles. The maximum absolute atomic E-state index is 11.6. The molecule has 0 aromatic rings. The molecule has 4 heteroatoms. The third kappa shape index (κ3) is 5.38. The normalized spacial score (nSPS) is 14.0. The second kappa shape index (κ2) is 6.19. The summed E-state index contributed by atoms with van der Waals surface area (Å²) in [6.45, 7) is 13.8. The molecular weight excluding hydrogens is 234 g/mol. The summed E-state index contributed by atoms with van der Waals surface area (Å²) in [5.41, 5.74) is 0. The van der Waals surface area contributed by atoms with E-state index < -0.39 is 14.6 Å². The molecule has 3 nitrogen and oxygen atoms in total. The zero-order valence-corrected chi connectivity index (χ0v) is 13.2. The fourth-order valence-corrected chi connectivity index (χ4v) is 2.28. The Morgan fingerprint density at radius 2 is 1.47 bits per heavy atom. The van der Waals surface area contributed by atoms with Gasteiger partial charge in [-0.3, -0.25) is 0 Å². The molecule has 17 heavy (non-hydrogen) atoms. The smallest absolute Gasteiger partial charge is 0.153 e. The van der Waals surface area contributed by atoms with Crippen molar-refractivity contribution < 1.29 is 8.42 Å². The molecule has 0 aliphatic carbocycles. The Hall–Kier alpha value is -0.0900. The number of nitrogens with one attached hydrogen (secondary N) is 1. The van der Waals surface area contributed by atoms with E-state index in [0.29, 0.717) is 24.3 Å². The van der Waals surface area contributed by atoms with Crippen molar-refractivity contribution in [3.8, 4) is 0 Å². The van der Waals surface area contributed by atoms with E-state index in [-0.39, 0.29) is 0 Å². The summed E-state index contributed by atoms with van der Waals surface area (Å²) < 4.78 is 22.4. The molecular formula is C13H29NO2S. The van der Waals surface area contributed by atoms with Crippen molar-refractivity contribution in [2.75, 3.05) is 19.3 Å². The van der Waals surface area contributed by atoms with E-state index in [0.717, 1.165) is 6.54 Å². The van der Waals surface area contributed by atoms with Gasteiger partial charge >= 0.3 is 0 Å². The zero-order chi connectivity index (χ0) is 13.9. The van der Waals surface area contributed by atoms with Crippen LogP contribution in [0.2, 0.25) is 0 Å². The SMILES string of the molecule is CC(C)C(CNCC(C)(C)S(C)(=O)=O)C(C)C. The van der Waals surface area contributed by atoms with E-state index in [9.17, 15) is 8.42 Å². The Morgan fingerprint density at radius 1 is 1.06 bits per heavy atom. The highest BCUT2D eigenvalue weighted by Gasteiger charge is 2.30. The van der Waals surface area contributed by atoms with Gasteiger partial charge in [0.2, 0.25) is 0 Å². The Morgan fingerprint density at radius 3 is 1.76 bits per heavy atom. The third-order valence-corrected chi connectivity index (χ3v) is 5.80. The topological polar surface area (TPSA) is 46.2 Å². The molecule has 0 rings (SSSR count). The zero-order valence-electron chi connectivity index (χ0n) is 12.4. The molecule has 0 aliphatic rings. The van der Waals surface area contributed by atoms with Crippen molar-refractivity contribution >= 4 is 9.84 Å². The quantitative estimate of drug-likeness (QED) is 0.767. The van der Waals surface area contributed by atoms with Crippen LogP contribution in [0.5, 0.6) is 0 Å². The molecule has 0 bridgehead atoms. The first-order chi connectivity index (χ1) is 7.49. The molecule has 0 unspecified atom stereocenters. The molecule has 0 amide bonds. The molecule has 0 spiro atoms. The number of sulfone groups is 1. The Kier molecular flexibility index (Phi) is 6.15. The first-order valence-electron chi connectivity index (χ1n) is 6.39. The van der Waals surface area contributed by atoms with Gasteiger partial charge in [-0.15, -0.1) is 0 Å². The van der Waals surface area contributed by atoms with Gasteiger partial charge in [0.25, 0.3) is 0 Å². The van der Waals surface area contributed by atoms with Crippen LogP contribution in [0.3, 0.4) is 0 Å². The van der Waals surface area contributed by atoms with E-state index in [4.69, 9.17) is 0 Å². The Balaban J connectivity index is 4.32. The first-order valence-corrected chi connectivity index (χ1v) is 8.28. The molecule has 1 N–H and O–H groups in total. The van der Waals surface area contributed by atoms with Gasteiger partial charge in [-0.1, -0.05) is 27.7 Å². The van der Waals surface area contributed by atoms with Gasteiger partial charge in [0.05, 0.1) is 4.75 Å². The maximum atomic E-state index is 11.6. The molecule has 104 valence electrons. The van der Waals surface area contributed by atoms with Crippen LogP contribution in [-0.2, 0) is 9.84 Å². The molecule has 0 saturated carbocycles. The van der Waals surface area contributed by atoms with Gasteiger partial charge in [0.15, 0.2) is 9.84 Å². The van der Waals surface area contributed by atoms with Crippen molar-refractivity contribution in [3.05, 3.63) is 0 Å². The largest absolute Gasteiger partial charge is 0.315 e. The van der Waals surface area contributed by atoms with E-state index in [1.807, 2.05) is 0 Å². The Bertz CT molecular complexity index is 310. The first kappa shape index (κ1) is 16.9. The van der Waals surface area contributed by atoms with E-state index in [1.165, 1.54) is 6.26 Å². The average Bonchev–Trinajstić information content (AvgIpc) is 2.08. The van der Waals surface area contributed by atoms with Gasteiger partial charge in [-0.05, 0) is 38.1 Å². The summed E-state index contributed by atoms with van der Waals surface area (Å²) in [6, 6.07) is 0. The van der Waals surface area contributed by atoms with Crippen molar-refractivity contribution in [2.24, 2.45) is 17.8 Å². The van der Waals surface area contributed by atoms with Gasteiger partial charge in [0, 0.05) is 12.8 Å². The minimum Gasteiger partial charge on any atom is -0.315 e. The van der Waals surface area contributed by atoms with Crippen LogP contribution in [0, 0.1) is 17.8 Å². The monoisotopic (exact) mass is 263 g/mol. The van der Waals surface area contributed by atoms with Crippen LogP contribution in [0.25, 0.3) is 0 Å². The highest BCUT2D eigenvalue weighted by atomic mass is 32.2. The fraction of sp³-hybridized carbons (Fsp3) is 1.00. The van der Waals surface area contributed by atoms with Crippen LogP contribution < -0.4 is 5.32 Å². The lowest BCUT2D eigenvalue weighted by Gasteiger charge is -2.28. The summed E-state index contributed by atoms with van der Waals surface area (Å²) >= 11 is 0. The third-order valence-electron chi connectivity index (χ3n) is 3.65. The summed E-state index contributed by atoms with van der Waals surface area (Å²) in [5, 5.41) is 3.32. The van der Waals surface area contributed by atoms with Crippen molar-refractivity contribution in [2.45, 2.75) is 46.3 Å². The molecule has 0 saturated heterocycles. The number of hydrogen-bond acceptors (Lipinski definition) is 3. The van der Waals surface area contributed by atoms with Crippen molar-refractivity contribution in [3.63, 3.8) is 0 Å². The number of hydrogen-bond donors (Lipinski definition) is 1. The molecule has 0 aromatic heterocycles. The predicted octanol–water partition coefficient (Wildman–Crippen LogP) is 2.33.